The lowest BCUT2D eigenvalue weighted by molar-refractivity contribution is 0.250. The fourth-order valence-corrected chi connectivity index (χ4v) is 3.03. The molecule has 3 heteroatoms. The first-order valence-electron chi connectivity index (χ1n) is 7.49. The molecule has 2 aromatic carbocycles. The molecule has 0 spiro atoms. The highest BCUT2D eigenvalue weighted by molar-refractivity contribution is 6.30. The van der Waals surface area contributed by atoms with E-state index >= 15 is 0 Å². The minimum Gasteiger partial charge on any atom is -0.369 e. The molecule has 2 nitrogen and oxygen atoms in total. The number of aryl methyl sites for hydroxylation is 1. The average molecular weight is 301 g/mol. The second kappa shape index (κ2) is 6.50. The number of rotatable bonds is 3. The molecule has 0 saturated carbocycles. The Labute approximate surface area is 131 Å². The maximum atomic E-state index is 6.05. The number of hydrogen-bond donors (Lipinski definition) is 0. The lowest BCUT2D eigenvalue weighted by atomic mass is 10.1. The van der Waals surface area contributed by atoms with Gasteiger partial charge in [0.15, 0.2) is 0 Å². The van der Waals surface area contributed by atoms with Crippen molar-refractivity contribution in [2.45, 2.75) is 13.5 Å². The summed E-state index contributed by atoms with van der Waals surface area (Å²) >= 11 is 6.05. The molecule has 1 aliphatic heterocycles. The van der Waals surface area contributed by atoms with Gasteiger partial charge in [-0.25, -0.2) is 0 Å². The van der Waals surface area contributed by atoms with Crippen LogP contribution in [0.3, 0.4) is 0 Å². The molecule has 0 atom stereocenters. The van der Waals surface area contributed by atoms with Crippen LogP contribution in [-0.2, 0) is 6.54 Å². The zero-order chi connectivity index (χ0) is 14.7. The van der Waals surface area contributed by atoms with Crippen molar-refractivity contribution in [3.05, 3.63) is 64.7 Å². The highest BCUT2D eigenvalue weighted by Gasteiger charge is 2.17. The van der Waals surface area contributed by atoms with Crippen molar-refractivity contribution in [3.8, 4) is 0 Å². The fourth-order valence-electron chi connectivity index (χ4n) is 2.81. The molecule has 0 unspecified atom stereocenters. The molecule has 0 amide bonds. The third-order valence-corrected chi connectivity index (χ3v) is 4.30. The number of hydrogen-bond acceptors (Lipinski definition) is 2. The number of nitrogens with zero attached hydrogens (tertiary/aromatic N) is 2. The van der Waals surface area contributed by atoms with Crippen molar-refractivity contribution >= 4 is 17.3 Å². The molecule has 1 fully saturated rings. The van der Waals surface area contributed by atoms with Crippen LogP contribution in [0.25, 0.3) is 0 Å². The van der Waals surface area contributed by atoms with E-state index < -0.39 is 0 Å². The summed E-state index contributed by atoms with van der Waals surface area (Å²) < 4.78 is 0. The van der Waals surface area contributed by atoms with Crippen molar-refractivity contribution < 1.29 is 0 Å². The van der Waals surface area contributed by atoms with Crippen LogP contribution in [0.4, 0.5) is 5.69 Å². The Kier molecular flexibility index (Phi) is 4.47. The minimum atomic E-state index is 0.825. The van der Waals surface area contributed by atoms with Gasteiger partial charge < -0.3 is 4.90 Å². The van der Waals surface area contributed by atoms with Crippen LogP contribution >= 0.6 is 11.6 Å². The summed E-state index contributed by atoms with van der Waals surface area (Å²) in [5.41, 5.74) is 3.95. The molecule has 0 aliphatic carbocycles. The minimum absolute atomic E-state index is 0.825. The van der Waals surface area contributed by atoms with Crippen molar-refractivity contribution in [2.24, 2.45) is 0 Å². The third-order valence-electron chi connectivity index (χ3n) is 4.07. The monoisotopic (exact) mass is 300 g/mol. The van der Waals surface area contributed by atoms with Crippen LogP contribution < -0.4 is 4.90 Å². The van der Waals surface area contributed by atoms with Crippen LogP contribution in [-0.4, -0.2) is 31.1 Å². The molecule has 110 valence electrons. The Hall–Kier alpha value is -1.51. The number of piperazine rings is 1. The first-order chi connectivity index (χ1) is 10.2. The average Bonchev–Trinajstić information content (AvgIpc) is 2.49. The zero-order valence-corrected chi connectivity index (χ0v) is 13.2. The van der Waals surface area contributed by atoms with Gasteiger partial charge >= 0.3 is 0 Å². The van der Waals surface area contributed by atoms with Crippen molar-refractivity contribution in [1.82, 2.24) is 4.90 Å². The summed E-state index contributed by atoms with van der Waals surface area (Å²) in [4.78, 5) is 4.96. The first kappa shape index (κ1) is 14.4. The maximum Gasteiger partial charge on any atom is 0.0409 e. The van der Waals surface area contributed by atoms with Gasteiger partial charge in [0.25, 0.3) is 0 Å². The van der Waals surface area contributed by atoms with Crippen molar-refractivity contribution in [3.63, 3.8) is 0 Å². The molecule has 3 rings (SSSR count). The van der Waals surface area contributed by atoms with Crippen LogP contribution in [0.15, 0.2) is 48.5 Å². The van der Waals surface area contributed by atoms with Crippen molar-refractivity contribution in [2.75, 3.05) is 31.1 Å². The quantitative estimate of drug-likeness (QED) is 0.846. The molecule has 2 aromatic rings. The maximum absolute atomic E-state index is 6.05. The van der Waals surface area contributed by atoms with Crippen molar-refractivity contribution in [1.29, 1.82) is 0 Å². The van der Waals surface area contributed by atoms with E-state index in [-0.39, 0.29) is 0 Å². The number of anilines is 1. The molecule has 1 saturated heterocycles. The highest BCUT2D eigenvalue weighted by Crippen LogP contribution is 2.18. The van der Waals surface area contributed by atoms with Gasteiger partial charge in [-0.2, -0.15) is 0 Å². The Morgan fingerprint density at radius 3 is 2.33 bits per heavy atom. The van der Waals surface area contributed by atoms with E-state index in [1.54, 1.807) is 0 Å². The second-order valence-corrected chi connectivity index (χ2v) is 6.17. The summed E-state index contributed by atoms with van der Waals surface area (Å²) in [7, 11) is 0. The lowest BCUT2D eigenvalue weighted by Crippen LogP contribution is -2.45. The first-order valence-corrected chi connectivity index (χ1v) is 7.87. The Bertz CT molecular complexity index is 586. The van der Waals surface area contributed by atoms with E-state index in [2.05, 4.69) is 53.1 Å². The summed E-state index contributed by atoms with van der Waals surface area (Å²) in [5.74, 6) is 0. The highest BCUT2D eigenvalue weighted by atomic mass is 35.5. The van der Waals surface area contributed by atoms with Gasteiger partial charge in [0.2, 0.25) is 0 Å². The molecular formula is C18H21ClN2. The van der Waals surface area contributed by atoms with Crippen LogP contribution in [0.1, 0.15) is 11.1 Å². The van der Waals surface area contributed by atoms with Gasteiger partial charge in [0.05, 0.1) is 0 Å². The van der Waals surface area contributed by atoms with E-state index in [1.165, 1.54) is 16.8 Å². The summed E-state index contributed by atoms with van der Waals surface area (Å²) in [6, 6.07) is 17.0. The zero-order valence-electron chi connectivity index (χ0n) is 12.4. The Balaban J connectivity index is 1.56. The van der Waals surface area contributed by atoms with Gasteiger partial charge in [-0.1, -0.05) is 41.4 Å². The van der Waals surface area contributed by atoms with E-state index in [0.29, 0.717) is 0 Å². The smallest absolute Gasteiger partial charge is 0.0409 e. The van der Waals surface area contributed by atoms with E-state index in [1.807, 2.05) is 12.1 Å². The topological polar surface area (TPSA) is 6.48 Å². The molecule has 0 N–H and O–H groups in total. The summed E-state index contributed by atoms with van der Waals surface area (Å²) in [5, 5.41) is 0.825. The normalized spacial score (nSPS) is 16.2. The molecule has 0 aromatic heterocycles. The van der Waals surface area contributed by atoms with Gasteiger partial charge in [0, 0.05) is 43.4 Å². The lowest BCUT2D eigenvalue weighted by Gasteiger charge is -2.36. The molecule has 1 heterocycles. The Morgan fingerprint density at radius 1 is 0.952 bits per heavy atom. The van der Waals surface area contributed by atoms with E-state index in [9.17, 15) is 0 Å². The summed E-state index contributed by atoms with van der Waals surface area (Å²) in [6.45, 7) is 7.49. The standard InChI is InChI=1S/C18H21ClN2/c1-15-5-7-18(8-6-15)21-11-9-20(10-12-21)14-16-3-2-4-17(19)13-16/h2-8,13H,9-12,14H2,1H3. The Morgan fingerprint density at radius 2 is 1.67 bits per heavy atom. The molecule has 21 heavy (non-hydrogen) atoms. The fraction of sp³-hybridized carbons (Fsp3) is 0.333. The van der Waals surface area contributed by atoms with Gasteiger partial charge in [0.1, 0.15) is 0 Å². The number of halogens is 1. The number of benzene rings is 2. The van der Waals surface area contributed by atoms with Crippen LogP contribution in [0.2, 0.25) is 5.02 Å². The molecule has 1 aliphatic rings. The van der Waals surface area contributed by atoms with E-state index in [4.69, 9.17) is 11.6 Å². The predicted molar refractivity (Wildman–Crippen MR) is 90.1 cm³/mol. The largest absolute Gasteiger partial charge is 0.369 e. The van der Waals surface area contributed by atoms with E-state index in [0.717, 1.165) is 37.7 Å². The molecular weight excluding hydrogens is 280 g/mol. The van der Waals surface area contributed by atoms with Gasteiger partial charge in [-0.15, -0.1) is 0 Å². The SMILES string of the molecule is Cc1ccc(N2CCN(Cc3cccc(Cl)c3)CC2)cc1. The van der Waals surface area contributed by atoms with Gasteiger partial charge in [-0.3, -0.25) is 4.90 Å². The summed E-state index contributed by atoms with van der Waals surface area (Å²) in [6.07, 6.45) is 0. The predicted octanol–water partition coefficient (Wildman–Crippen LogP) is 3.97. The molecule has 0 radical (unpaired) electrons. The van der Waals surface area contributed by atoms with Gasteiger partial charge in [-0.05, 0) is 36.8 Å². The van der Waals surface area contributed by atoms with Crippen LogP contribution in [0.5, 0.6) is 0 Å². The second-order valence-electron chi connectivity index (χ2n) is 5.73. The molecule has 0 bridgehead atoms. The third kappa shape index (κ3) is 3.78. The van der Waals surface area contributed by atoms with Crippen LogP contribution in [0, 0.1) is 6.92 Å².